The quantitative estimate of drug-likeness (QED) is 0.691. The van der Waals surface area contributed by atoms with Gasteiger partial charge in [0.25, 0.3) is 0 Å². The SMILES string of the molecule is COc1ccc(CNC(=O)C2Sc3nnc(C)n3NC2c2ccccc2)cc1. The van der Waals surface area contributed by atoms with Crippen LogP contribution in [0.5, 0.6) is 5.75 Å². The van der Waals surface area contributed by atoms with Gasteiger partial charge in [-0.1, -0.05) is 54.2 Å². The summed E-state index contributed by atoms with van der Waals surface area (Å²) in [6, 6.07) is 17.4. The number of hydrogen-bond acceptors (Lipinski definition) is 6. The number of aryl methyl sites for hydroxylation is 1. The maximum Gasteiger partial charge on any atom is 0.236 e. The Morgan fingerprint density at radius 1 is 1.18 bits per heavy atom. The van der Waals surface area contributed by atoms with Crippen molar-refractivity contribution in [2.24, 2.45) is 0 Å². The average Bonchev–Trinajstić information content (AvgIpc) is 3.12. The summed E-state index contributed by atoms with van der Waals surface area (Å²) in [7, 11) is 1.63. The molecule has 2 atom stereocenters. The van der Waals surface area contributed by atoms with Crippen LogP contribution in [0.15, 0.2) is 59.8 Å². The first-order valence-electron chi connectivity index (χ1n) is 8.96. The lowest BCUT2D eigenvalue weighted by molar-refractivity contribution is -0.121. The van der Waals surface area contributed by atoms with E-state index in [9.17, 15) is 4.79 Å². The molecule has 2 N–H and O–H groups in total. The molecule has 2 heterocycles. The van der Waals surface area contributed by atoms with Gasteiger partial charge in [-0.25, -0.2) is 4.68 Å². The molecule has 0 aliphatic carbocycles. The second-order valence-corrected chi connectivity index (χ2v) is 7.60. The molecule has 0 saturated heterocycles. The topological polar surface area (TPSA) is 81.1 Å². The van der Waals surface area contributed by atoms with E-state index in [0.29, 0.717) is 11.7 Å². The van der Waals surface area contributed by atoms with Crippen LogP contribution in [0, 0.1) is 6.92 Å². The molecule has 0 bridgehead atoms. The van der Waals surface area contributed by atoms with Crippen LogP contribution in [-0.2, 0) is 11.3 Å². The van der Waals surface area contributed by atoms with Gasteiger partial charge in [-0.15, -0.1) is 10.2 Å². The molecular formula is C20H21N5O2S. The first-order chi connectivity index (χ1) is 13.7. The van der Waals surface area contributed by atoms with Crippen molar-refractivity contribution in [2.45, 2.75) is 29.9 Å². The van der Waals surface area contributed by atoms with Crippen LogP contribution in [-0.4, -0.2) is 33.1 Å². The molecule has 144 valence electrons. The molecule has 1 aliphatic heterocycles. The predicted octanol–water partition coefficient (Wildman–Crippen LogP) is 2.67. The largest absolute Gasteiger partial charge is 0.497 e. The average molecular weight is 395 g/mol. The molecule has 2 unspecified atom stereocenters. The number of amides is 1. The van der Waals surface area contributed by atoms with Gasteiger partial charge in [0.1, 0.15) is 16.8 Å². The number of hydrogen-bond donors (Lipinski definition) is 2. The summed E-state index contributed by atoms with van der Waals surface area (Å²) in [6.07, 6.45) is 0. The third-order valence-electron chi connectivity index (χ3n) is 4.64. The number of benzene rings is 2. The third kappa shape index (κ3) is 3.68. The number of fused-ring (bicyclic) bond motifs is 1. The lowest BCUT2D eigenvalue weighted by atomic mass is 10.0. The van der Waals surface area contributed by atoms with E-state index >= 15 is 0 Å². The highest BCUT2D eigenvalue weighted by Gasteiger charge is 2.37. The summed E-state index contributed by atoms with van der Waals surface area (Å²) in [6.45, 7) is 2.34. The summed E-state index contributed by atoms with van der Waals surface area (Å²) >= 11 is 1.42. The molecule has 1 aliphatic rings. The van der Waals surface area contributed by atoms with Crippen LogP contribution in [0.4, 0.5) is 0 Å². The molecule has 0 radical (unpaired) electrons. The first kappa shape index (κ1) is 18.4. The number of rotatable bonds is 5. The van der Waals surface area contributed by atoms with Crippen molar-refractivity contribution >= 4 is 17.7 Å². The fourth-order valence-electron chi connectivity index (χ4n) is 3.10. The fraction of sp³-hybridized carbons (Fsp3) is 0.250. The summed E-state index contributed by atoms with van der Waals surface area (Å²) in [5.41, 5.74) is 5.45. The number of nitrogens with one attached hydrogen (secondary N) is 2. The molecule has 1 amide bonds. The molecular weight excluding hydrogens is 374 g/mol. The maximum absolute atomic E-state index is 13.0. The monoisotopic (exact) mass is 395 g/mol. The zero-order valence-electron chi connectivity index (χ0n) is 15.6. The standard InChI is InChI=1S/C20H21N5O2S/c1-13-22-23-20-25(13)24-17(15-6-4-3-5-7-15)18(28-20)19(26)21-12-14-8-10-16(27-2)11-9-14/h3-11,17-18,24H,12H2,1-2H3,(H,21,26). The molecule has 1 aromatic heterocycles. The number of carbonyl (C=O) groups is 1. The molecule has 0 saturated carbocycles. The van der Waals surface area contributed by atoms with Gasteiger partial charge in [0.15, 0.2) is 0 Å². The summed E-state index contributed by atoms with van der Waals surface area (Å²) < 4.78 is 7.02. The summed E-state index contributed by atoms with van der Waals surface area (Å²) in [5, 5.41) is 11.7. The minimum atomic E-state index is -0.364. The van der Waals surface area contributed by atoms with Crippen LogP contribution in [0.2, 0.25) is 0 Å². The molecule has 0 fully saturated rings. The van der Waals surface area contributed by atoms with E-state index in [1.807, 2.05) is 66.2 Å². The van der Waals surface area contributed by atoms with E-state index in [4.69, 9.17) is 4.74 Å². The Kier molecular flexibility index (Phi) is 5.21. The van der Waals surface area contributed by atoms with Crippen LogP contribution in [0.3, 0.4) is 0 Å². The van der Waals surface area contributed by atoms with Crippen molar-refractivity contribution in [3.05, 3.63) is 71.5 Å². The maximum atomic E-state index is 13.0. The Morgan fingerprint density at radius 3 is 2.64 bits per heavy atom. The minimum absolute atomic E-state index is 0.0472. The number of carbonyl (C=O) groups excluding carboxylic acids is 1. The van der Waals surface area contributed by atoms with E-state index in [1.165, 1.54) is 11.8 Å². The predicted molar refractivity (Wildman–Crippen MR) is 108 cm³/mol. The molecule has 3 aromatic rings. The minimum Gasteiger partial charge on any atom is -0.497 e. The van der Waals surface area contributed by atoms with E-state index in [0.717, 1.165) is 22.7 Å². The van der Waals surface area contributed by atoms with E-state index in [1.54, 1.807) is 7.11 Å². The Labute approximate surface area is 167 Å². The lowest BCUT2D eigenvalue weighted by Crippen LogP contribution is -2.44. The molecule has 7 nitrogen and oxygen atoms in total. The smallest absolute Gasteiger partial charge is 0.236 e. The van der Waals surface area contributed by atoms with Gasteiger partial charge in [-0.3, -0.25) is 4.79 Å². The Hall–Kier alpha value is -3.00. The first-order valence-corrected chi connectivity index (χ1v) is 9.84. The number of nitrogens with zero attached hydrogens (tertiary/aromatic N) is 3. The number of thioether (sulfide) groups is 1. The van der Waals surface area contributed by atoms with Gasteiger partial charge in [0, 0.05) is 6.54 Å². The normalized spacial score (nSPS) is 18.1. The number of ether oxygens (including phenoxy) is 1. The van der Waals surface area contributed by atoms with Gasteiger partial charge in [-0.05, 0) is 30.2 Å². The fourth-order valence-corrected chi connectivity index (χ4v) is 4.25. The summed E-state index contributed by atoms with van der Waals surface area (Å²) in [4.78, 5) is 13.0. The Morgan fingerprint density at radius 2 is 1.93 bits per heavy atom. The Bertz CT molecular complexity index is 958. The van der Waals surface area contributed by atoms with E-state index < -0.39 is 0 Å². The van der Waals surface area contributed by atoms with Crippen molar-refractivity contribution in [3.8, 4) is 5.75 Å². The molecule has 28 heavy (non-hydrogen) atoms. The van der Waals surface area contributed by atoms with Crippen molar-refractivity contribution in [3.63, 3.8) is 0 Å². The van der Waals surface area contributed by atoms with Gasteiger partial charge in [-0.2, -0.15) is 0 Å². The third-order valence-corrected chi connectivity index (χ3v) is 5.86. The lowest BCUT2D eigenvalue weighted by Gasteiger charge is -2.32. The van der Waals surface area contributed by atoms with E-state index in [-0.39, 0.29) is 17.2 Å². The Balaban J connectivity index is 1.53. The van der Waals surface area contributed by atoms with Crippen molar-refractivity contribution in [1.29, 1.82) is 0 Å². The van der Waals surface area contributed by atoms with Gasteiger partial charge in [0.2, 0.25) is 11.1 Å². The molecule has 2 aromatic carbocycles. The van der Waals surface area contributed by atoms with Gasteiger partial charge < -0.3 is 15.5 Å². The van der Waals surface area contributed by atoms with Crippen molar-refractivity contribution in [2.75, 3.05) is 12.5 Å². The van der Waals surface area contributed by atoms with Crippen LogP contribution in [0.1, 0.15) is 23.0 Å². The number of methoxy groups -OCH3 is 1. The summed E-state index contributed by atoms with van der Waals surface area (Å²) in [5.74, 6) is 1.51. The zero-order chi connectivity index (χ0) is 19.5. The molecule has 4 rings (SSSR count). The highest BCUT2D eigenvalue weighted by atomic mass is 32.2. The highest BCUT2D eigenvalue weighted by Crippen LogP contribution is 2.36. The van der Waals surface area contributed by atoms with Crippen molar-refractivity contribution < 1.29 is 9.53 Å². The second-order valence-electron chi connectivity index (χ2n) is 6.49. The van der Waals surface area contributed by atoms with E-state index in [2.05, 4.69) is 20.9 Å². The highest BCUT2D eigenvalue weighted by molar-refractivity contribution is 8.00. The molecule has 8 heteroatoms. The second kappa shape index (κ2) is 7.93. The van der Waals surface area contributed by atoms with Gasteiger partial charge >= 0.3 is 0 Å². The van der Waals surface area contributed by atoms with Crippen LogP contribution < -0.4 is 15.5 Å². The van der Waals surface area contributed by atoms with Crippen molar-refractivity contribution in [1.82, 2.24) is 20.2 Å². The molecule has 0 spiro atoms. The zero-order valence-corrected chi connectivity index (χ0v) is 16.4. The van der Waals surface area contributed by atoms with Gasteiger partial charge in [0.05, 0.1) is 13.2 Å². The van der Waals surface area contributed by atoms with Crippen LogP contribution in [0.25, 0.3) is 0 Å². The van der Waals surface area contributed by atoms with Crippen LogP contribution >= 0.6 is 11.8 Å². The number of aromatic nitrogens is 3.